The molecule has 0 aliphatic heterocycles. The summed E-state index contributed by atoms with van der Waals surface area (Å²) in [6.07, 6.45) is 4.54. The molecule has 0 amide bonds. The van der Waals surface area contributed by atoms with Crippen LogP contribution in [0.15, 0.2) is 0 Å². The van der Waals surface area contributed by atoms with E-state index < -0.39 is 9.84 Å². The average molecular weight is 279 g/mol. The van der Waals surface area contributed by atoms with Crippen LogP contribution >= 0.6 is 0 Å². The van der Waals surface area contributed by atoms with E-state index in [1.54, 1.807) is 7.11 Å². The summed E-state index contributed by atoms with van der Waals surface area (Å²) < 4.78 is 28.2. The topological polar surface area (TPSA) is 55.4 Å². The summed E-state index contributed by atoms with van der Waals surface area (Å²) in [6.45, 7) is 5.86. The van der Waals surface area contributed by atoms with Crippen molar-refractivity contribution in [3.8, 4) is 0 Å². The summed E-state index contributed by atoms with van der Waals surface area (Å²) in [5.41, 5.74) is 0. The molecule has 0 heterocycles. The van der Waals surface area contributed by atoms with Gasteiger partial charge in [-0.05, 0) is 39.2 Å². The minimum atomic E-state index is -2.87. The van der Waals surface area contributed by atoms with Crippen molar-refractivity contribution in [1.82, 2.24) is 5.32 Å². The van der Waals surface area contributed by atoms with Crippen LogP contribution in [0.1, 0.15) is 46.0 Å². The third-order valence-corrected chi connectivity index (χ3v) is 4.71. The Morgan fingerprint density at radius 2 is 1.83 bits per heavy atom. The Kier molecular flexibility index (Phi) is 10.7. The second kappa shape index (κ2) is 10.8. The van der Waals surface area contributed by atoms with Crippen LogP contribution in [0.3, 0.4) is 0 Å². The summed E-state index contributed by atoms with van der Waals surface area (Å²) in [7, 11) is -1.27. The van der Waals surface area contributed by atoms with Crippen LogP contribution in [0, 0.1) is 0 Å². The Morgan fingerprint density at radius 3 is 2.44 bits per heavy atom. The van der Waals surface area contributed by atoms with Gasteiger partial charge in [0.2, 0.25) is 0 Å². The van der Waals surface area contributed by atoms with Crippen LogP contribution in [-0.4, -0.2) is 46.2 Å². The minimum Gasteiger partial charge on any atom is -0.385 e. The molecule has 0 bridgehead atoms. The van der Waals surface area contributed by atoms with Crippen molar-refractivity contribution < 1.29 is 13.2 Å². The maximum Gasteiger partial charge on any atom is 0.150 e. The maximum absolute atomic E-state index is 11.7. The molecule has 0 fully saturated rings. The smallest absolute Gasteiger partial charge is 0.150 e. The largest absolute Gasteiger partial charge is 0.385 e. The molecule has 0 saturated carbocycles. The highest BCUT2D eigenvalue weighted by Crippen LogP contribution is 2.05. The molecule has 1 atom stereocenters. The van der Waals surface area contributed by atoms with Crippen LogP contribution in [0.5, 0.6) is 0 Å². The van der Waals surface area contributed by atoms with E-state index in [9.17, 15) is 8.42 Å². The van der Waals surface area contributed by atoms with Gasteiger partial charge in [-0.25, -0.2) is 8.42 Å². The van der Waals surface area contributed by atoms with E-state index in [2.05, 4.69) is 19.2 Å². The van der Waals surface area contributed by atoms with Gasteiger partial charge >= 0.3 is 0 Å². The van der Waals surface area contributed by atoms with Gasteiger partial charge in [0.25, 0.3) is 0 Å². The molecular weight excluding hydrogens is 250 g/mol. The Labute approximate surface area is 112 Å². The summed E-state index contributed by atoms with van der Waals surface area (Å²) in [5.74, 6) is 0.571. The van der Waals surface area contributed by atoms with Gasteiger partial charge in [0.05, 0.1) is 11.5 Å². The van der Waals surface area contributed by atoms with E-state index in [4.69, 9.17) is 4.74 Å². The van der Waals surface area contributed by atoms with Crippen molar-refractivity contribution in [2.45, 2.75) is 52.0 Å². The first kappa shape index (κ1) is 17.9. The van der Waals surface area contributed by atoms with E-state index in [-0.39, 0.29) is 5.75 Å². The van der Waals surface area contributed by atoms with Gasteiger partial charge in [-0.1, -0.05) is 13.3 Å². The lowest BCUT2D eigenvalue weighted by molar-refractivity contribution is 0.199. The zero-order valence-corrected chi connectivity index (χ0v) is 12.9. The SMILES string of the molecule is CCCNC(C)CCCCS(=O)(=O)CCCOC. The number of methoxy groups -OCH3 is 1. The molecule has 0 aliphatic carbocycles. The quantitative estimate of drug-likeness (QED) is 0.555. The van der Waals surface area contributed by atoms with E-state index in [0.29, 0.717) is 24.8 Å². The van der Waals surface area contributed by atoms with Crippen molar-refractivity contribution in [2.24, 2.45) is 0 Å². The number of ether oxygens (including phenoxy) is 1. The first-order chi connectivity index (χ1) is 8.52. The first-order valence-electron chi connectivity index (χ1n) is 6.94. The lowest BCUT2D eigenvalue weighted by Gasteiger charge is -2.12. The van der Waals surface area contributed by atoms with Gasteiger partial charge in [-0.15, -0.1) is 0 Å². The Balaban J connectivity index is 3.57. The monoisotopic (exact) mass is 279 g/mol. The lowest BCUT2D eigenvalue weighted by Crippen LogP contribution is -2.26. The summed E-state index contributed by atoms with van der Waals surface area (Å²) >= 11 is 0. The highest BCUT2D eigenvalue weighted by atomic mass is 32.2. The third kappa shape index (κ3) is 11.0. The molecule has 18 heavy (non-hydrogen) atoms. The standard InChI is InChI=1S/C13H29NO3S/c1-4-9-14-13(2)8-5-6-11-18(15,16)12-7-10-17-3/h13-14H,4-12H2,1-3H3. The van der Waals surface area contributed by atoms with Crippen LogP contribution in [-0.2, 0) is 14.6 Å². The lowest BCUT2D eigenvalue weighted by atomic mass is 10.1. The minimum absolute atomic E-state index is 0.254. The number of rotatable bonds is 12. The van der Waals surface area contributed by atoms with E-state index in [1.807, 2.05) is 0 Å². The highest BCUT2D eigenvalue weighted by Gasteiger charge is 2.10. The Hall–Kier alpha value is -0.130. The molecule has 1 unspecified atom stereocenters. The summed E-state index contributed by atoms with van der Waals surface area (Å²) in [6, 6.07) is 0.487. The van der Waals surface area contributed by atoms with E-state index in [0.717, 1.165) is 32.2 Å². The molecule has 0 aromatic carbocycles. The van der Waals surface area contributed by atoms with Crippen molar-refractivity contribution in [3.05, 3.63) is 0 Å². The first-order valence-corrected chi connectivity index (χ1v) is 8.76. The molecule has 0 saturated heterocycles. The van der Waals surface area contributed by atoms with Crippen LogP contribution in [0.2, 0.25) is 0 Å². The maximum atomic E-state index is 11.7. The molecule has 0 aliphatic rings. The van der Waals surface area contributed by atoms with Gasteiger partial charge in [-0.3, -0.25) is 0 Å². The number of hydrogen-bond acceptors (Lipinski definition) is 4. The molecule has 0 aromatic rings. The van der Waals surface area contributed by atoms with Crippen LogP contribution in [0.4, 0.5) is 0 Å². The Morgan fingerprint density at radius 1 is 1.17 bits per heavy atom. The normalized spacial score (nSPS) is 13.7. The summed E-state index contributed by atoms with van der Waals surface area (Å²) in [5, 5.41) is 3.41. The molecule has 110 valence electrons. The van der Waals surface area contributed by atoms with Crippen molar-refractivity contribution in [1.29, 1.82) is 0 Å². The third-order valence-electron chi connectivity index (χ3n) is 2.89. The summed E-state index contributed by atoms with van der Waals surface area (Å²) in [4.78, 5) is 0. The average Bonchev–Trinajstić information content (AvgIpc) is 2.32. The molecule has 0 rings (SSSR count). The molecule has 0 aromatic heterocycles. The number of hydrogen-bond donors (Lipinski definition) is 1. The zero-order chi connectivity index (χ0) is 13.9. The molecule has 0 radical (unpaired) electrons. The molecule has 1 N–H and O–H groups in total. The van der Waals surface area contributed by atoms with E-state index >= 15 is 0 Å². The fraction of sp³-hybridized carbons (Fsp3) is 1.00. The van der Waals surface area contributed by atoms with Gasteiger partial charge in [-0.2, -0.15) is 0 Å². The van der Waals surface area contributed by atoms with Crippen LogP contribution in [0.25, 0.3) is 0 Å². The molecule has 0 spiro atoms. The predicted octanol–water partition coefficient (Wildman–Crippen LogP) is 2.00. The van der Waals surface area contributed by atoms with Gasteiger partial charge in [0.1, 0.15) is 9.84 Å². The second-order valence-corrected chi connectivity index (χ2v) is 7.15. The molecule has 4 nitrogen and oxygen atoms in total. The molecule has 5 heteroatoms. The second-order valence-electron chi connectivity index (χ2n) is 4.85. The predicted molar refractivity (Wildman–Crippen MR) is 76.8 cm³/mol. The number of unbranched alkanes of at least 4 members (excludes halogenated alkanes) is 1. The van der Waals surface area contributed by atoms with Crippen molar-refractivity contribution in [2.75, 3.05) is 31.8 Å². The van der Waals surface area contributed by atoms with Gasteiger partial charge in [0.15, 0.2) is 0 Å². The van der Waals surface area contributed by atoms with Crippen molar-refractivity contribution >= 4 is 9.84 Å². The number of nitrogens with one attached hydrogen (secondary N) is 1. The highest BCUT2D eigenvalue weighted by molar-refractivity contribution is 7.91. The molecular formula is C13H29NO3S. The fourth-order valence-electron chi connectivity index (χ4n) is 1.79. The van der Waals surface area contributed by atoms with Gasteiger partial charge < -0.3 is 10.1 Å². The zero-order valence-electron chi connectivity index (χ0n) is 12.1. The van der Waals surface area contributed by atoms with Gasteiger partial charge in [0, 0.05) is 19.8 Å². The van der Waals surface area contributed by atoms with E-state index in [1.165, 1.54) is 0 Å². The Bertz CT molecular complexity index is 278. The van der Waals surface area contributed by atoms with Crippen LogP contribution < -0.4 is 5.32 Å². The number of sulfone groups is 1. The fourth-order valence-corrected chi connectivity index (χ4v) is 3.20. The van der Waals surface area contributed by atoms with Crippen molar-refractivity contribution in [3.63, 3.8) is 0 Å².